The van der Waals surface area contributed by atoms with Crippen molar-refractivity contribution < 1.29 is 18.7 Å². The van der Waals surface area contributed by atoms with E-state index in [2.05, 4.69) is 15.3 Å². The Balaban J connectivity index is 1.51. The lowest BCUT2D eigenvalue weighted by Crippen LogP contribution is -2.45. The molecule has 0 spiro atoms. The number of aromatic nitrogens is 2. The van der Waals surface area contributed by atoms with Gasteiger partial charge in [0.15, 0.2) is 11.4 Å². The number of para-hydroxylation sites is 3. The number of fused-ring (bicyclic) bond motifs is 3. The molecule has 9 nitrogen and oxygen atoms in total. The molecule has 0 saturated heterocycles. The quantitative estimate of drug-likeness (QED) is 0.201. The van der Waals surface area contributed by atoms with Gasteiger partial charge in [0.05, 0.1) is 5.69 Å². The Kier molecular flexibility index (Phi) is 7.21. The Bertz CT molecular complexity index is 1920. The van der Waals surface area contributed by atoms with Crippen molar-refractivity contribution in [3.8, 4) is 0 Å². The fourth-order valence-electron chi connectivity index (χ4n) is 4.81. The second-order valence-electron chi connectivity index (χ2n) is 10.8. The van der Waals surface area contributed by atoms with Gasteiger partial charge in [-0.25, -0.2) is 24.8 Å². The highest BCUT2D eigenvalue weighted by molar-refractivity contribution is 6.13. The molecule has 6 rings (SSSR count). The fourth-order valence-corrected chi connectivity index (χ4v) is 4.81. The zero-order valence-corrected chi connectivity index (χ0v) is 23.9. The maximum Gasteiger partial charge on any atom is 0.412 e. The third kappa shape index (κ3) is 5.73. The van der Waals surface area contributed by atoms with Crippen LogP contribution >= 0.6 is 0 Å². The topological polar surface area (TPSA) is 101 Å². The summed E-state index contributed by atoms with van der Waals surface area (Å²) >= 11 is 0. The van der Waals surface area contributed by atoms with Gasteiger partial charge in [-0.05, 0) is 63.2 Å². The molecular formula is C34H29N5O4. The maximum atomic E-state index is 14.6. The number of carbonyl (C=O) groups excluding carboxylic acids is 2. The van der Waals surface area contributed by atoms with Gasteiger partial charge >= 0.3 is 6.09 Å². The van der Waals surface area contributed by atoms with Gasteiger partial charge in [0.2, 0.25) is 0 Å². The van der Waals surface area contributed by atoms with Crippen LogP contribution in [0.25, 0.3) is 21.9 Å². The number of benzene rings is 4. The van der Waals surface area contributed by atoms with Crippen LogP contribution in [0.3, 0.4) is 0 Å². The molecule has 0 bridgehead atoms. The average Bonchev–Trinajstić information content (AvgIpc) is 3.39. The largest absolute Gasteiger partial charge is 0.454 e. The molecule has 43 heavy (non-hydrogen) atoms. The molecule has 9 heteroatoms. The van der Waals surface area contributed by atoms with E-state index >= 15 is 0 Å². The molecule has 0 aliphatic carbocycles. The average molecular weight is 572 g/mol. The van der Waals surface area contributed by atoms with Gasteiger partial charge < -0.3 is 9.15 Å². The minimum absolute atomic E-state index is 0.327. The molecule has 0 radical (unpaired) electrons. The van der Waals surface area contributed by atoms with Crippen molar-refractivity contribution in [2.24, 2.45) is 0 Å². The summed E-state index contributed by atoms with van der Waals surface area (Å²) in [5.41, 5.74) is 2.59. The molecule has 0 atom stereocenters. The number of amides is 2. The van der Waals surface area contributed by atoms with Crippen LogP contribution < -0.4 is 15.3 Å². The second kappa shape index (κ2) is 11.3. The summed E-state index contributed by atoms with van der Waals surface area (Å²) in [7, 11) is 0. The van der Waals surface area contributed by atoms with Gasteiger partial charge in [0.25, 0.3) is 5.91 Å². The van der Waals surface area contributed by atoms with Gasteiger partial charge in [0.1, 0.15) is 23.2 Å². The standard InChI is InChI=1S/C34H29N5O4/c1-34(2,3)43-33(41)37-24-12-9-11-23(21-24)32(40)38(25-13-5-4-6-14-25)39(30-19-20-35-22-36-30)28-17-10-16-27-26-15-7-8-18-29(26)42-31(27)28/h4-22H,1-3H3,(H,37,41). The Morgan fingerprint density at radius 2 is 1.58 bits per heavy atom. The van der Waals surface area contributed by atoms with E-state index in [9.17, 15) is 9.59 Å². The Morgan fingerprint density at radius 3 is 2.35 bits per heavy atom. The van der Waals surface area contributed by atoms with E-state index < -0.39 is 11.7 Å². The van der Waals surface area contributed by atoms with Crippen LogP contribution in [-0.2, 0) is 4.74 Å². The summed E-state index contributed by atoms with van der Waals surface area (Å²) in [6.07, 6.45) is 2.43. The molecule has 6 aromatic rings. The predicted octanol–water partition coefficient (Wildman–Crippen LogP) is 8.12. The Hall–Kier alpha value is -5.70. The van der Waals surface area contributed by atoms with Crippen molar-refractivity contribution in [3.63, 3.8) is 0 Å². The van der Waals surface area contributed by atoms with Crippen LogP contribution in [0.5, 0.6) is 0 Å². The number of hydrogen-bond donors (Lipinski definition) is 1. The first-order valence-corrected chi connectivity index (χ1v) is 13.7. The molecule has 214 valence electrons. The normalized spacial score (nSPS) is 11.3. The maximum absolute atomic E-state index is 14.6. The monoisotopic (exact) mass is 571 g/mol. The van der Waals surface area contributed by atoms with E-state index in [1.54, 1.807) is 62.3 Å². The molecule has 4 aromatic carbocycles. The van der Waals surface area contributed by atoms with Crippen molar-refractivity contribution in [2.75, 3.05) is 15.3 Å². The van der Waals surface area contributed by atoms with Crippen LogP contribution in [0.4, 0.5) is 27.7 Å². The molecule has 1 N–H and O–H groups in total. The van der Waals surface area contributed by atoms with Gasteiger partial charge in [0, 0.05) is 34.3 Å². The van der Waals surface area contributed by atoms with Crippen LogP contribution in [0.1, 0.15) is 31.1 Å². The number of nitrogens with one attached hydrogen (secondary N) is 1. The number of anilines is 4. The number of nitrogens with zero attached hydrogens (tertiary/aromatic N) is 4. The van der Waals surface area contributed by atoms with E-state index in [1.807, 2.05) is 72.8 Å². The number of hydrogen-bond acceptors (Lipinski definition) is 7. The van der Waals surface area contributed by atoms with Crippen LogP contribution in [0, 0.1) is 0 Å². The molecule has 2 aromatic heterocycles. The van der Waals surface area contributed by atoms with Crippen molar-refractivity contribution in [3.05, 3.63) is 121 Å². The number of rotatable bonds is 6. The summed E-state index contributed by atoms with van der Waals surface area (Å²) in [5.74, 6) is 0.0777. The highest BCUT2D eigenvalue weighted by Gasteiger charge is 2.30. The minimum Gasteiger partial charge on any atom is -0.454 e. The Morgan fingerprint density at radius 1 is 0.837 bits per heavy atom. The molecule has 0 fully saturated rings. The van der Waals surface area contributed by atoms with Crippen LogP contribution in [-0.4, -0.2) is 27.6 Å². The van der Waals surface area contributed by atoms with Gasteiger partial charge in [-0.1, -0.05) is 54.6 Å². The number of ether oxygens (including phenoxy) is 1. The van der Waals surface area contributed by atoms with E-state index in [1.165, 1.54) is 11.3 Å². The third-order valence-electron chi connectivity index (χ3n) is 6.54. The highest BCUT2D eigenvalue weighted by atomic mass is 16.6. The van der Waals surface area contributed by atoms with Gasteiger partial charge in [-0.2, -0.15) is 0 Å². The lowest BCUT2D eigenvalue weighted by atomic mass is 10.1. The number of furan rings is 1. The van der Waals surface area contributed by atoms with E-state index in [-0.39, 0.29) is 5.91 Å². The van der Waals surface area contributed by atoms with Crippen molar-refractivity contribution in [1.82, 2.24) is 9.97 Å². The smallest absolute Gasteiger partial charge is 0.412 e. The zero-order chi connectivity index (χ0) is 30.0. The molecule has 0 saturated carbocycles. The second-order valence-corrected chi connectivity index (χ2v) is 10.8. The van der Waals surface area contributed by atoms with E-state index in [4.69, 9.17) is 9.15 Å². The Labute approximate surface area is 248 Å². The molecule has 0 aliphatic heterocycles. The lowest BCUT2D eigenvalue weighted by Gasteiger charge is -2.35. The van der Waals surface area contributed by atoms with E-state index in [0.29, 0.717) is 34.0 Å². The van der Waals surface area contributed by atoms with Crippen molar-refractivity contribution >= 4 is 56.8 Å². The first-order chi connectivity index (χ1) is 20.8. The number of hydrazine groups is 1. The summed E-state index contributed by atoms with van der Waals surface area (Å²) in [6, 6.07) is 31.3. The molecule has 2 heterocycles. The third-order valence-corrected chi connectivity index (χ3v) is 6.54. The molecule has 0 aliphatic rings. The number of carbonyl (C=O) groups is 2. The summed E-state index contributed by atoms with van der Waals surface area (Å²) in [6.45, 7) is 5.36. The summed E-state index contributed by atoms with van der Waals surface area (Å²) in [4.78, 5) is 35.7. The van der Waals surface area contributed by atoms with Gasteiger partial charge in [-0.15, -0.1) is 0 Å². The van der Waals surface area contributed by atoms with E-state index in [0.717, 1.165) is 16.4 Å². The molecule has 0 unspecified atom stereocenters. The van der Waals surface area contributed by atoms with Crippen LogP contribution in [0.15, 0.2) is 120 Å². The molecule has 2 amide bonds. The highest BCUT2D eigenvalue weighted by Crippen LogP contribution is 2.39. The van der Waals surface area contributed by atoms with Crippen LogP contribution in [0.2, 0.25) is 0 Å². The SMILES string of the molecule is CC(C)(C)OC(=O)Nc1cccc(C(=O)N(c2ccccc2)N(c2ccncn2)c2cccc3c2oc2ccccc23)c1. The summed E-state index contributed by atoms with van der Waals surface area (Å²) < 4.78 is 11.8. The van der Waals surface area contributed by atoms with Crippen molar-refractivity contribution in [2.45, 2.75) is 26.4 Å². The minimum atomic E-state index is -0.669. The summed E-state index contributed by atoms with van der Waals surface area (Å²) in [5, 5.41) is 7.84. The first-order valence-electron chi connectivity index (χ1n) is 13.7. The van der Waals surface area contributed by atoms with Crippen molar-refractivity contribution in [1.29, 1.82) is 0 Å². The fraction of sp³-hybridized carbons (Fsp3) is 0.118. The predicted molar refractivity (Wildman–Crippen MR) is 167 cm³/mol. The first kappa shape index (κ1) is 27.5. The lowest BCUT2D eigenvalue weighted by molar-refractivity contribution is 0.0635. The molecular weight excluding hydrogens is 542 g/mol. The zero-order valence-electron chi connectivity index (χ0n) is 23.9. The van der Waals surface area contributed by atoms with Gasteiger partial charge in [-0.3, -0.25) is 10.1 Å².